The summed E-state index contributed by atoms with van der Waals surface area (Å²) in [7, 11) is 0. The second kappa shape index (κ2) is 3.84. The molecule has 0 atom stereocenters. The average molecular weight is 196 g/mol. The van der Waals surface area contributed by atoms with Gasteiger partial charge in [-0.05, 0) is 6.07 Å². The van der Waals surface area contributed by atoms with Crippen LogP contribution in [0.3, 0.4) is 0 Å². The molecule has 0 aliphatic carbocycles. The first-order valence-electron chi connectivity index (χ1n) is 3.65. The molecule has 0 saturated heterocycles. The Bertz CT molecular complexity index is 355. The Hall–Kier alpha value is -1.95. The van der Waals surface area contributed by atoms with Gasteiger partial charge in [0.15, 0.2) is 0 Å². The number of carboxylic acid groups (broad SMARTS) is 1. The van der Waals surface area contributed by atoms with Crippen molar-refractivity contribution in [1.29, 1.82) is 0 Å². The minimum atomic E-state index is -1.33. The van der Waals surface area contributed by atoms with Gasteiger partial charge in [0.2, 0.25) is 0 Å². The quantitative estimate of drug-likeness (QED) is 0.580. The van der Waals surface area contributed by atoms with E-state index in [4.69, 9.17) is 5.11 Å². The van der Waals surface area contributed by atoms with Gasteiger partial charge in [-0.15, -0.1) is 0 Å². The minimum Gasteiger partial charge on any atom is -0.478 e. The van der Waals surface area contributed by atoms with Crippen molar-refractivity contribution in [3.63, 3.8) is 0 Å². The number of benzene rings is 1. The molecule has 0 aromatic heterocycles. The first-order valence-corrected chi connectivity index (χ1v) is 3.65. The molecule has 0 amide bonds. The maximum absolute atomic E-state index is 10.6. The van der Waals surface area contributed by atoms with Gasteiger partial charge >= 0.3 is 5.97 Å². The highest BCUT2D eigenvalue weighted by atomic mass is 16.6. The van der Waals surface area contributed by atoms with Crippen LogP contribution in [0.15, 0.2) is 18.2 Å². The van der Waals surface area contributed by atoms with Gasteiger partial charge in [-0.25, -0.2) is 9.90 Å². The van der Waals surface area contributed by atoms with E-state index in [2.05, 4.69) is 0 Å². The summed E-state index contributed by atoms with van der Waals surface area (Å²) in [5.74, 6) is -1.33. The Morgan fingerprint density at radius 1 is 1.50 bits per heavy atom. The van der Waals surface area contributed by atoms with Gasteiger partial charge in [-0.2, -0.15) is 0 Å². The molecule has 1 N–H and O–H groups in total. The van der Waals surface area contributed by atoms with E-state index in [0.717, 1.165) is 6.07 Å². The molecule has 0 unspecified atom stereocenters. The molecule has 0 fully saturated rings. The van der Waals surface area contributed by atoms with E-state index in [0.29, 0.717) is 0 Å². The maximum Gasteiger partial charge on any atom is 0.336 e. The van der Waals surface area contributed by atoms with Crippen molar-refractivity contribution in [2.45, 2.75) is 6.61 Å². The standard InChI is InChI=1S/C8H6NO5/c10-4-6-5(8(11)12)2-1-3-7(6)9(13)14/h1-3H,4H2,(H,11,12). The Kier molecular flexibility index (Phi) is 2.78. The largest absolute Gasteiger partial charge is 0.478 e. The minimum absolute atomic E-state index is 0.287. The SMILES string of the molecule is [O]Cc1c(C(=O)O)cccc1[N+](=O)[O-]. The van der Waals surface area contributed by atoms with E-state index in [9.17, 15) is 20.0 Å². The second-order valence-corrected chi connectivity index (χ2v) is 2.51. The molecule has 1 radical (unpaired) electrons. The Labute approximate surface area is 78.6 Å². The zero-order valence-corrected chi connectivity index (χ0v) is 6.97. The van der Waals surface area contributed by atoms with Gasteiger partial charge in [-0.1, -0.05) is 6.07 Å². The van der Waals surface area contributed by atoms with Crippen LogP contribution >= 0.6 is 0 Å². The van der Waals surface area contributed by atoms with Crippen LogP contribution in [0.2, 0.25) is 0 Å². The van der Waals surface area contributed by atoms with E-state index in [-0.39, 0.29) is 11.1 Å². The Balaban J connectivity index is 3.39. The number of nitro benzene ring substituents is 1. The van der Waals surface area contributed by atoms with Crippen LogP contribution in [0.5, 0.6) is 0 Å². The highest BCUT2D eigenvalue weighted by Gasteiger charge is 2.20. The third-order valence-electron chi connectivity index (χ3n) is 1.72. The molecular weight excluding hydrogens is 190 g/mol. The third kappa shape index (κ3) is 1.69. The second-order valence-electron chi connectivity index (χ2n) is 2.51. The molecule has 6 nitrogen and oxygen atoms in total. The zero-order valence-electron chi connectivity index (χ0n) is 6.97. The first-order chi connectivity index (χ1) is 6.57. The first kappa shape index (κ1) is 10.1. The number of hydrogen-bond acceptors (Lipinski definition) is 3. The fraction of sp³-hybridized carbons (Fsp3) is 0.125. The average Bonchev–Trinajstić information content (AvgIpc) is 2.16. The zero-order chi connectivity index (χ0) is 10.7. The van der Waals surface area contributed by atoms with Crippen LogP contribution in [-0.2, 0) is 11.7 Å². The predicted molar refractivity (Wildman–Crippen MR) is 44.4 cm³/mol. The van der Waals surface area contributed by atoms with Crippen molar-refractivity contribution < 1.29 is 19.9 Å². The summed E-state index contributed by atoms with van der Waals surface area (Å²) in [5, 5.41) is 29.7. The molecule has 0 aliphatic heterocycles. The van der Waals surface area contributed by atoms with Crippen molar-refractivity contribution in [1.82, 2.24) is 0 Å². The Morgan fingerprint density at radius 2 is 2.14 bits per heavy atom. The highest BCUT2D eigenvalue weighted by molar-refractivity contribution is 5.90. The molecule has 0 heterocycles. The van der Waals surface area contributed by atoms with Crippen LogP contribution in [0.4, 0.5) is 5.69 Å². The van der Waals surface area contributed by atoms with Crippen LogP contribution < -0.4 is 0 Å². The van der Waals surface area contributed by atoms with Crippen molar-refractivity contribution in [2.75, 3.05) is 0 Å². The van der Waals surface area contributed by atoms with Gasteiger partial charge in [-0.3, -0.25) is 10.1 Å². The fourth-order valence-electron chi connectivity index (χ4n) is 1.10. The molecule has 6 heteroatoms. The number of carboxylic acids is 1. The molecule has 1 rings (SSSR count). The van der Waals surface area contributed by atoms with E-state index in [1.54, 1.807) is 0 Å². The summed E-state index contributed by atoms with van der Waals surface area (Å²) in [6.45, 7) is -0.918. The monoisotopic (exact) mass is 196 g/mol. The van der Waals surface area contributed by atoms with Crippen LogP contribution in [0.1, 0.15) is 15.9 Å². The molecule has 73 valence electrons. The van der Waals surface area contributed by atoms with Gasteiger partial charge in [0.1, 0.15) is 6.61 Å². The summed E-state index contributed by atoms with van der Waals surface area (Å²) in [5.41, 5.74) is -1.04. The molecule has 1 aromatic rings. The number of carbonyl (C=O) groups is 1. The summed E-state index contributed by atoms with van der Waals surface area (Å²) < 4.78 is 0. The normalized spacial score (nSPS) is 9.79. The van der Waals surface area contributed by atoms with Crippen molar-refractivity contribution in [3.8, 4) is 0 Å². The van der Waals surface area contributed by atoms with E-state index in [1.807, 2.05) is 0 Å². The van der Waals surface area contributed by atoms with Gasteiger partial charge in [0, 0.05) is 6.07 Å². The summed E-state index contributed by atoms with van der Waals surface area (Å²) in [6.07, 6.45) is 0. The van der Waals surface area contributed by atoms with Crippen LogP contribution in [0, 0.1) is 10.1 Å². The topological polar surface area (TPSA) is 100 Å². The molecule has 1 aromatic carbocycles. The van der Waals surface area contributed by atoms with Crippen LogP contribution in [0.25, 0.3) is 0 Å². The molecular formula is C8H6NO5. The number of hydrogen-bond donors (Lipinski definition) is 1. The van der Waals surface area contributed by atoms with E-state index < -0.39 is 23.2 Å². The van der Waals surface area contributed by atoms with Crippen LogP contribution in [-0.4, -0.2) is 16.0 Å². The summed E-state index contributed by atoms with van der Waals surface area (Å²) >= 11 is 0. The van der Waals surface area contributed by atoms with Gasteiger partial charge in [0.05, 0.1) is 16.1 Å². The molecule has 0 spiro atoms. The number of nitro groups is 1. The fourth-order valence-corrected chi connectivity index (χ4v) is 1.10. The van der Waals surface area contributed by atoms with E-state index in [1.165, 1.54) is 12.1 Å². The van der Waals surface area contributed by atoms with Gasteiger partial charge in [0.25, 0.3) is 5.69 Å². The smallest absolute Gasteiger partial charge is 0.336 e. The predicted octanol–water partition coefficient (Wildman–Crippen LogP) is 1.22. The van der Waals surface area contributed by atoms with Crippen molar-refractivity contribution in [2.24, 2.45) is 0 Å². The summed E-state index contributed by atoms with van der Waals surface area (Å²) in [6, 6.07) is 3.52. The number of rotatable bonds is 3. The van der Waals surface area contributed by atoms with Crippen molar-refractivity contribution >= 4 is 11.7 Å². The molecule has 0 bridgehead atoms. The highest BCUT2D eigenvalue weighted by Crippen LogP contribution is 2.22. The lowest BCUT2D eigenvalue weighted by atomic mass is 10.1. The molecule has 0 aliphatic rings. The third-order valence-corrected chi connectivity index (χ3v) is 1.72. The lowest BCUT2D eigenvalue weighted by Crippen LogP contribution is -2.05. The molecule has 14 heavy (non-hydrogen) atoms. The maximum atomic E-state index is 10.6. The number of aromatic carboxylic acids is 1. The molecule has 0 saturated carbocycles. The number of nitrogens with zero attached hydrogens (tertiary/aromatic N) is 1. The van der Waals surface area contributed by atoms with Crippen molar-refractivity contribution in [3.05, 3.63) is 39.4 Å². The van der Waals surface area contributed by atoms with E-state index >= 15 is 0 Å². The summed E-state index contributed by atoms with van der Waals surface area (Å²) in [4.78, 5) is 20.3. The Morgan fingerprint density at radius 3 is 2.57 bits per heavy atom. The van der Waals surface area contributed by atoms with Gasteiger partial charge < -0.3 is 5.11 Å². The lowest BCUT2D eigenvalue weighted by molar-refractivity contribution is -0.386. The lowest BCUT2D eigenvalue weighted by Gasteiger charge is -2.01.